The first-order valence-electron chi connectivity index (χ1n) is 6.58. The Hall–Kier alpha value is -0.610. The summed E-state index contributed by atoms with van der Waals surface area (Å²) in [4.78, 5) is 11.9. The topological polar surface area (TPSA) is 47.6 Å². The van der Waals surface area contributed by atoms with Crippen molar-refractivity contribution in [2.75, 3.05) is 27.4 Å². The maximum Gasteiger partial charge on any atom is 0.328 e. The minimum Gasteiger partial charge on any atom is -0.468 e. The van der Waals surface area contributed by atoms with Crippen LogP contribution in [0.2, 0.25) is 0 Å². The summed E-state index contributed by atoms with van der Waals surface area (Å²) in [6.07, 6.45) is 6.00. The van der Waals surface area contributed by atoms with Gasteiger partial charge in [0.1, 0.15) is 5.54 Å². The van der Waals surface area contributed by atoms with Gasteiger partial charge in [-0.05, 0) is 38.1 Å². The van der Waals surface area contributed by atoms with Crippen LogP contribution in [0.5, 0.6) is 0 Å². The van der Waals surface area contributed by atoms with Crippen molar-refractivity contribution in [1.82, 2.24) is 5.32 Å². The molecule has 98 valence electrons. The summed E-state index contributed by atoms with van der Waals surface area (Å²) in [5.74, 6) is 1.06. The number of nitrogens with one attached hydrogen (secondary N) is 1. The molecule has 0 saturated heterocycles. The Kier molecular flexibility index (Phi) is 4.05. The van der Waals surface area contributed by atoms with Crippen LogP contribution in [-0.4, -0.2) is 38.9 Å². The van der Waals surface area contributed by atoms with Gasteiger partial charge in [0, 0.05) is 6.61 Å². The number of esters is 1. The van der Waals surface area contributed by atoms with Crippen molar-refractivity contribution in [1.29, 1.82) is 0 Å². The van der Waals surface area contributed by atoms with E-state index >= 15 is 0 Å². The van der Waals surface area contributed by atoms with Crippen LogP contribution >= 0.6 is 0 Å². The van der Waals surface area contributed by atoms with E-state index in [1.807, 2.05) is 7.05 Å². The van der Waals surface area contributed by atoms with E-state index in [1.54, 1.807) is 0 Å². The molecule has 4 heteroatoms. The molecule has 0 aromatic heterocycles. The quantitative estimate of drug-likeness (QED) is 0.514. The van der Waals surface area contributed by atoms with E-state index in [2.05, 4.69) is 5.32 Å². The third kappa shape index (κ3) is 2.99. The van der Waals surface area contributed by atoms with Crippen LogP contribution in [0.15, 0.2) is 0 Å². The van der Waals surface area contributed by atoms with Gasteiger partial charge >= 0.3 is 5.97 Å². The van der Waals surface area contributed by atoms with E-state index in [0.29, 0.717) is 12.5 Å². The van der Waals surface area contributed by atoms with Gasteiger partial charge in [0.25, 0.3) is 0 Å². The van der Waals surface area contributed by atoms with Crippen LogP contribution in [0.1, 0.15) is 32.1 Å². The standard InChI is InChI=1S/C13H23NO3/c1-14-13(11-5-6-11,12(15)16-2)9-17-8-7-10-3-4-10/h10-11,14H,3-9H2,1-2H3. The molecular formula is C13H23NO3. The van der Waals surface area contributed by atoms with Gasteiger partial charge < -0.3 is 14.8 Å². The summed E-state index contributed by atoms with van der Waals surface area (Å²) in [6, 6.07) is 0. The van der Waals surface area contributed by atoms with E-state index in [1.165, 1.54) is 20.0 Å². The lowest BCUT2D eigenvalue weighted by Gasteiger charge is -2.30. The van der Waals surface area contributed by atoms with Gasteiger partial charge in [0.2, 0.25) is 0 Å². The molecule has 1 unspecified atom stereocenters. The average molecular weight is 241 g/mol. The zero-order valence-electron chi connectivity index (χ0n) is 10.8. The highest BCUT2D eigenvalue weighted by Crippen LogP contribution is 2.40. The zero-order valence-corrected chi connectivity index (χ0v) is 10.8. The Morgan fingerprint density at radius 3 is 2.53 bits per heavy atom. The van der Waals surface area contributed by atoms with E-state index in [9.17, 15) is 4.79 Å². The highest BCUT2D eigenvalue weighted by molar-refractivity contribution is 5.82. The summed E-state index contributed by atoms with van der Waals surface area (Å²) in [6.45, 7) is 1.20. The number of rotatable bonds is 8. The Balaban J connectivity index is 1.82. The maximum absolute atomic E-state index is 11.9. The first-order valence-corrected chi connectivity index (χ1v) is 6.58. The number of ether oxygens (including phenoxy) is 2. The lowest BCUT2D eigenvalue weighted by Crippen LogP contribution is -2.56. The number of methoxy groups -OCH3 is 1. The molecule has 0 aromatic carbocycles. The number of carbonyl (C=O) groups excluding carboxylic acids is 1. The molecule has 0 heterocycles. The van der Waals surface area contributed by atoms with Gasteiger partial charge in [-0.15, -0.1) is 0 Å². The molecule has 2 fully saturated rings. The first-order chi connectivity index (χ1) is 8.23. The first kappa shape index (κ1) is 12.8. The maximum atomic E-state index is 11.9. The Bertz CT molecular complexity index is 274. The van der Waals surface area contributed by atoms with Crippen LogP contribution in [0.4, 0.5) is 0 Å². The number of carbonyl (C=O) groups is 1. The molecule has 4 nitrogen and oxygen atoms in total. The van der Waals surface area contributed by atoms with Crippen LogP contribution in [0.25, 0.3) is 0 Å². The summed E-state index contributed by atoms with van der Waals surface area (Å²) < 4.78 is 10.6. The smallest absolute Gasteiger partial charge is 0.328 e. The number of likely N-dealkylation sites (N-methyl/N-ethyl adjacent to an activating group) is 1. The highest BCUT2D eigenvalue weighted by Gasteiger charge is 2.51. The normalized spacial score (nSPS) is 23.2. The van der Waals surface area contributed by atoms with Crippen LogP contribution in [0, 0.1) is 11.8 Å². The monoisotopic (exact) mass is 241 g/mol. The molecule has 17 heavy (non-hydrogen) atoms. The largest absolute Gasteiger partial charge is 0.468 e. The molecule has 2 saturated carbocycles. The van der Waals surface area contributed by atoms with Crippen molar-refractivity contribution in [3.05, 3.63) is 0 Å². The van der Waals surface area contributed by atoms with E-state index in [0.717, 1.165) is 31.8 Å². The number of hydrogen-bond acceptors (Lipinski definition) is 4. The molecule has 0 amide bonds. The predicted octanol–water partition coefficient (Wildman–Crippen LogP) is 1.34. The van der Waals surface area contributed by atoms with Crippen LogP contribution in [-0.2, 0) is 14.3 Å². The molecule has 1 N–H and O–H groups in total. The molecule has 0 aromatic rings. The fourth-order valence-electron chi connectivity index (χ4n) is 2.37. The summed E-state index contributed by atoms with van der Waals surface area (Å²) in [5.41, 5.74) is -0.613. The van der Waals surface area contributed by atoms with Crippen molar-refractivity contribution in [3.63, 3.8) is 0 Å². The predicted molar refractivity (Wildman–Crippen MR) is 64.7 cm³/mol. The van der Waals surface area contributed by atoms with Crippen molar-refractivity contribution < 1.29 is 14.3 Å². The average Bonchev–Trinajstić information content (AvgIpc) is 3.20. The van der Waals surface area contributed by atoms with Crippen LogP contribution in [0.3, 0.4) is 0 Å². The molecule has 2 aliphatic carbocycles. The van der Waals surface area contributed by atoms with Crippen molar-refractivity contribution in [3.8, 4) is 0 Å². The SMILES string of the molecule is CNC(COCCC1CC1)(C(=O)OC)C1CC1. The van der Waals surface area contributed by atoms with Gasteiger partial charge in [-0.1, -0.05) is 12.8 Å². The lowest BCUT2D eigenvalue weighted by atomic mass is 9.94. The minimum atomic E-state index is -0.613. The number of hydrogen-bond donors (Lipinski definition) is 1. The molecule has 1 atom stereocenters. The minimum absolute atomic E-state index is 0.186. The molecule has 2 aliphatic rings. The van der Waals surface area contributed by atoms with Gasteiger partial charge in [0.15, 0.2) is 0 Å². The third-order valence-corrected chi connectivity index (χ3v) is 3.97. The molecule has 0 aliphatic heterocycles. The summed E-state index contributed by atoms with van der Waals surface area (Å²) in [5, 5.41) is 3.13. The van der Waals surface area contributed by atoms with Crippen molar-refractivity contribution in [2.45, 2.75) is 37.6 Å². The van der Waals surface area contributed by atoms with Gasteiger partial charge in [-0.2, -0.15) is 0 Å². The Morgan fingerprint density at radius 1 is 1.35 bits per heavy atom. The third-order valence-electron chi connectivity index (χ3n) is 3.97. The van der Waals surface area contributed by atoms with Gasteiger partial charge in [-0.25, -0.2) is 4.79 Å². The molecule has 2 rings (SSSR count). The summed E-state index contributed by atoms with van der Waals surface area (Å²) >= 11 is 0. The molecular weight excluding hydrogens is 218 g/mol. The lowest BCUT2D eigenvalue weighted by molar-refractivity contribution is -0.152. The van der Waals surface area contributed by atoms with Gasteiger partial charge in [-0.3, -0.25) is 0 Å². The second-order valence-electron chi connectivity index (χ2n) is 5.27. The molecule has 0 bridgehead atoms. The van der Waals surface area contributed by atoms with E-state index in [-0.39, 0.29) is 5.97 Å². The fourth-order valence-corrected chi connectivity index (χ4v) is 2.37. The Labute approximate surface area is 103 Å². The van der Waals surface area contributed by atoms with Crippen molar-refractivity contribution >= 4 is 5.97 Å². The van der Waals surface area contributed by atoms with E-state index in [4.69, 9.17) is 9.47 Å². The highest BCUT2D eigenvalue weighted by atomic mass is 16.5. The van der Waals surface area contributed by atoms with E-state index < -0.39 is 5.54 Å². The molecule has 0 spiro atoms. The van der Waals surface area contributed by atoms with Crippen LogP contribution < -0.4 is 5.32 Å². The second-order valence-corrected chi connectivity index (χ2v) is 5.27. The Morgan fingerprint density at radius 2 is 2.06 bits per heavy atom. The second kappa shape index (κ2) is 5.36. The van der Waals surface area contributed by atoms with Gasteiger partial charge in [0.05, 0.1) is 13.7 Å². The zero-order chi connectivity index (χ0) is 12.3. The molecule has 0 radical (unpaired) electrons. The van der Waals surface area contributed by atoms with Crippen molar-refractivity contribution in [2.24, 2.45) is 11.8 Å². The fraction of sp³-hybridized carbons (Fsp3) is 0.923. The summed E-state index contributed by atoms with van der Waals surface area (Å²) in [7, 11) is 3.26.